The summed E-state index contributed by atoms with van der Waals surface area (Å²) in [6.07, 6.45) is 1.30. The highest BCUT2D eigenvalue weighted by molar-refractivity contribution is 6.14. The van der Waals surface area contributed by atoms with E-state index in [2.05, 4.69) is 0 Å². The van der Waals surface area contributed by atoms with E-state index in [1.54, 1.807) is 0 Å². The van der Waals surface area contributed by atoms with Crippen LogP contribution in [0.25, 0.3) is 6.08 Å². The summed E-state index contributed by atoms with van der Waals surface area (Å²) >= 11 is 0. The molecule has 11 heteroatoms. The average molecular weight is 463 g/mol. The fourth-order valence-corrected chi connectivity index (χ4v) is 3.07. The number of hydrogen-bond acceptors (Lipinski definition) is 5. The molecule has 1 heterocycles. The first-order chi connectivity index (χ1) is 15.7. The van der Waals surface area contributed by atoms with Crippen molar-refractivity contribution in [2.45, 2.75) is 6.61 Å². The van der Waals surface area contributed by atoms with E-state index in [0.29, 0.717) is 5.56 Å². The zero-order valence-corrected chi connectivity index (χ0v) is 16.2. The Balaban J connectivity index is 1.56. The number of carbonyl (C=O) groups is 1. The summed E-state index contributed by atoms with van der Waals surface area (Å²) in [7, 11) is 0. The van der Waals surface area contributed by atoms with Crippen LogP contribution in [0.1, 0.15) is 21.5 Å². The van der Waals surface area contributed by atoms with E-state index in [4.69, 9.17) is 9.47 Å². The molecule has 0 radical (unpaired) electrons. The SMILES string of the molecule is O=C1/C(=C/c2cccc([N+](=O)[O-])c2)Oc2cc(OCc3c(F)c(F)c(F)c(F)c3F)ccc21. The van der Waals surface area contributed by atoms with Crippen LogP contribution >= 0.6 is 0 Å². The number of hydrogen-bond donors (Lipinski definition) is 0. The number of benzene rings is 3. The maximum absolute atomic E-state index is 13.8. The number of Topliss-reactive ketones (excluding diaryl/α,β-unsaturated/α-hetero) is 1. The lowest BCUT2D eigenvalue weighted by atomic mass is 10.1. The summed E-state index contributed by atoms with van der Waals surface area (Å²) < 4.78 is 78.0. The number of nitrogens with zero attached hydrogens (tertiary/aromatic N) is 1. The van der Waals surface area contributed by atoms with Gasteiger partial charge in [0.25, 0.3) is 5.69 Å². The summed E-state index contributed by atoms with van der Waals surface area (Å²) in [6.45, 7) is -0.977. The Morgan fingerprint density at radius 1 is 0.939 bits per heavy atom. The number of carbonyl (C=O) groups excluding carboxylic acids is 1. The van der Waals surface area contributed by atoms with E-state index in [1.807, 2.05) is 0 Å². The molecule has 0 spiro atoms. The molecule has 0 atom stereocenters. The molecule has 0 unspecified atom stereocenters. The van der Waals surface area contributed by atoms with Crippen LogP contribution < -0.4 is 9.47 Å². The van der Waals surface area contributed by atoms with E-state index < -0.39 is 52.0 Å². The van der Waals surface area contributed by atoms with Crippen LogP contribution in [0.15, 0.2) is 48.2 Å². The van der Waals surface area contributed by atoms with Gasteiger partial charge in [-0.1, -0.05) is 12.1 Å². The maximum atomic E-state index is 13.8. The molecule has 3 aromatic carbocycles. The quantitative estimate of drug-likeness (QED) is 0.125. The lowest BCUT2D eigenvalue weighted by Gasteiger charge is -2.10. The second kappa shape index (κ2) is 8.34. The van der Waals surface area contributed by atoms with Gasteiger partial charge in [0, 0.05) is 18.2 Å². The molecule has 6 nitrogen and oxygen atoms in total. The number of ketones is 1. The van der Waals surface area contributed by atoms with E-state index in [1.165, 1.54) is 48.5 Å². The summed E-state index contributed by atoms with van der Waals surface area (Å²) in [6, 6.07) is 9.23. The van der Waals surface area contributed by atoms with Gasteiger partial charge in [0.05, 0.1) is 16.1 Å². The first-order valence-electron chi connectivity index (χ1n) is 9.13. The van der Waals surface area contributed by atoms with Gasteiger partial charge < -0.3 is 9.47 Å². The third-order valence-corrected chi connectivity index (χ3v) is 4.70. The molecule has 0 N–H and O–H groups in total. The fraction of sp³-hybridized carbons (Fsp3) is 0.0455. The second-order valence-electron chi connectivity index (χ2n) is 6.79. The maximum Gasteiger partial charge on any atom is 0.270 e. The Morgan fingerprint density at radius 3 is 2.27 bits per heavy atom. The van der Waals surface area contributed by atoms with Gasteiger partial charge in [-0.05, 0) is 23.8 Å². The number of nitro benzene ring substituents is 1. The van der Waals surface area contributed by atoms with Gasteiger partial charge in [-0.25, -0.2) is 22.0 Å². The topological polar surface area (TPSA) is 78.7 Å². The zero-order chi connectivity index (χ0) is 23.9. The normalized spacial score (nSPS) is 13.7. The van der Waals surface area contributed by atoms with E-state index in [9.17, 15) is 36.9 Å². The van der Waals surface area contributed by atoms with Gasteiger partial charge in [-0.3, -0.25) is 14.9 Å². The fourth-order valence-electron chi connectivity index (χ4n) is 3.07. The minimum absolute atomic E-state index is 0.0200. The van der Waals surface area contributed by atoms with Gasteiger partial charge in [0.15, 0.2) is 29.0 Å². The van der Waals surface area contributed by atoms with Gasteiger partial charge in [0.1, 0.15) is 18.1 Å². The van der Waals surface area contributed by atoms with Crippen molar-refractivity contribution in [2.24, 2.45) is 0 Å². The van der Waals surface area contributed by atoms with Gasteiger partial charge >= 0.3 is 0 Å². The number of nitro groups is 1. The van der Waals surface area contributed by atoms with Crippen molar-refractivity contribution >= 4 is 17.5 Å². The second-order valence-corrected chi connectivity index (χ2v) is 6.79. The predicted octanol–water partition coefficient (Wildman–Crippen LogP) is 5.49. The van der Waals surface area contributed by atoms with Crippen molar-refractivity contribution in [1.29, 1.82) is 0 Å². The number of rotatable bonds is 5. The molecule has 1 aliphatic rings. The minimum Gasteiger partial charge on any atom is -0.489 e. The van der Waals surface area contributed by atoms with Crippen molar-refractivity contribution in [2.75, 3.05) is 0 Å². The van der Waals surface area contributed by atoms with Gasteiger partial charge in [0.2, 0.25) is 11.6 Å². The first kappa shape index (κ1) is 21.9. The summed E-state index contributed by atoms with van der Waals surface area (Å²) in [5.41, 5.74) is -0.885. The standard InChI is InChI=1S/C22H10F5NO5/c23-17-14(18(24)20(26)21(27)19(17)25)9-32-12-4-5-13-15(8-12)33-16(22(13)29)7-10-2-1-3-11(6-10)28(30)31/h1-8H,9H2/b16-7-. The molecular weight excluding hydrogens is 453 g/mol. The van der Waals surface area contributed by atoms with Crippen LogP contribution in [0, 0.1) is 39.2 Å². The van der Waals surface area contributed by atoms with E-state index in [0.717, 1.165) is 0 Å². The van der Waals surface area contributed by atoms with Crippen LogP contribution in [-0.4, -0.2) is 10.7 Å². The monoisotopic (exact) mass is 463 g/mol. The van der Waals surface area contributed by atoms with Gasteiger partial charge in [-0.15, -0.1) is 0 Å². The molecule has 0 amide bonds. The highest BCUT2D eigenvalue weighted by atomic mass is 19.2. The molecule has 4 rings (SSSR count). The zero-order valence-electron chi connectivity index (χ0n) is 16.2. The molecule has 3 aromatic rings. The molecule has 33 heavy (non-hydrogen) atoms. The van der Waals surface area contributed by atoms with Gasteiger partial charge in [-0.2, -0.15) is 0 Å². The molecule has 0 aromatic heterocycles. The molecular formula is C22H10F5NO5. The first-order valence-corrected chi connectivity index (χ1v) is 9.13. The summed E-state index contributed by atoms with van der Waals surface area (Å²) in [4.78, 5) is 22.8. The molecule has 0 fully saturated rings. The third kappa shape index (κ3) is 4.00. The van der Waals surface area contributed by atoms with Crippen LogP contribution in [0.3, 0.4) is 0 Å². The Hall–Kier alpha value is -4.28. The minimum atomic E-state index is -2.28. The Bertz CT molecular complexity index is 1330. The van der Waals surface area contributed by atoms with Crippen LogP contribution in [0.4, 0.5) is 27.6 Å². The number of allylic oxidation sites excluding steroid dienone is 1. The largest absolute Gasteiger partial charge is 0.489 e. The predicted molar refractivity (Wildman–Crippen MR) is 103 cm³/mol. The highest BCUT2D eigenvalue weighted by Crippen LogP contribution is 2.35. The summed E-state index contributed by atoms with van der Waals surface area (Å²) in [5, 5.41) is 10.9. The van der Waals surface area contributed by atoms with Crippen LogP contribution in [0.2, 0.25) is 0 Å². The lowest BCUT2D eigenvalue weighted by molar-refractivity contribution is -0.384. The number of ether oxygens (including phenoxy) is 2. The molecule has 0 saturated heterocycles. The van der Waals surface area contributed by atoms with Crippen molar-refractivity contribution < 1.29 is 41.1 Å². The lowest BCUT2D eigenvalue weighted by Crippen LogP contribution is -2.09. The Labute approximate surface area is 181 Å². The molecule has 1 aliphatic heterocycles. The number of non-ortho nitro benzene ring substituents is 1. The molecule has 0 bridgehead atoms. The molecule has 0 aliphatic carbocycles. The van der Waals surface area contributed by atoms with Crippen molar-refractivity contribution in [3.05, 3.63) is 104 Å². The van der Waals surface area contributed by atoms with E-state index >= 15 is 0 Å². The molecule has 168 valence electrons. The number of halogens is 5. The number of fused-ring (bicyclic) bond motifs is 1. The highest BCUT2D eigenvalue weighted by Gasteiger charge is 2.29. The summed E-state index contributed by atoms with van der Waals surface area (Å²) in [5.74, 6) is -11.2. The van der Waals surface area contributed by atoms with E-state index in [-0.39, 0.29) is 28.5 Å². The average Bonchev–Trinajstić information content (AvgIpc) is 3.11. The van der Waals surface area contributed by atoms with Crippen LogP contribution in [0.5, 0.6) is 11.5 Å². The van der Waals surface area contributed by atoms with Crippen molar-refractivity contribution in [1.82, 2.24) is 0 Å². The molecule has 0 saturated carbocycles. The van der Waals surface area contributed by atoms with Crippen molar-refractivity contribution in [3.63, 3.8) is 0 Å². The van der Waals surface area contributed by atoms with Crippen molar-refractivity contribution in [3.8, 4) is 11.5 Å². The van der Waals surface area contributed by atoms with Crippen LogP contribution in [-0.2, 0) is 6.61 Å². The Morgan fingerprint density at radius 2 is 1.61 bits per heavy atom. The Kier molecular flexibility index (Phi) is 5.54. The smallest absolute Gasteiger partial charge is 0.270 e. The third-order valence-electron chi connectivity index (χ3n) is 4.70.